The van der Waals surface area contributed by atoms with Gasteiger partial charge in [-0.3, -0.25) is 0 Å². The van der Waals surface area contributed by atoms with Crippen molar-refractivity contribution in [3.05, 3.63) is 88.5 Å². The monoisotopic (exact) mass is 414 g/mol. The van der Waals surface area contributed by atoms with E-state index in [1.165, 1.54) is 11.1 Å². The lowest BCUT2D eigenvalue weighted by Gasteiger charge is -2.29. The molecule has 0 radical (unpaired) electrons. The largest absolute Gasteiger partial charge is 0.422 e. The highest BCUT2D eigenvalue weighted by atomic mass is 16.5. The van der Waals surface area contributed by atoms with Crippen molar-refractivity contribution < 1.29 is 9.53 Å². The third-order valence-electron chi connectivity index (χ3n) is 5.52. The molecule has 2 nitrogen and oxygen atoms in total. The van der Waals surface area contributed by atoms with Crippen LogP contribution in [0.15, 0.2) is 60.7 Å². The normalized spacial score (nSPS) is 12.0. The summed E-state index contributed by atoms with van der Waals surface area (Å²) in [5, 5.41) is 0. The minimum atomic E-state index is -0.323. The van der Waals surface area contributed by atoms with Gasteiger partial charge < -0.3 is 4.74 Å². The molecule has 0 spiro atoms. The molecule has 31 heavy (non-hydrogen) atoms. The zero-order valence-corrected chi connectivity index (χ0v) is 20.1. The van der Waals surface area contributed by atoms with E-state index in [2.05, 4.69) is 85.7 Å². The fourth-order valence-corrected chi connectivity index (χ4v) is 3.77. The van der Waals surface area contributed by atoms with Crippen molar-refractivity contribution in [1.82, 2.24) is 0 Å². The molecule has 0 saturated carbocycles. The maximum absolute atomic E-state index is 13.1. The Morgan fingerprint density at radius 1 is 0.677 bits per heavy atom. The van der Waals surface area contributed by atoms with Gasteiger partial charge in [-0.1, -0.05) is 101 Å². The molecule has 162 valence electrons. The number of hydrogen-bond acceptors (Lipinski definition) is 2. The number of ether oxygens (including phenoxy) is 1. The van der Waals surface area contributed by atoms with Crippen LogP contribution in [0.1, 0.15) is 74.2 Å². The summed E-state index contributed by atoms with van der Waals surface area (Å²) in [5.41, 5.74) is 7.00. The van der Waals surface area contributed by atoms with Gasteiger partial charge >= 0.3 is 5.97 Å². The molecule has 0 fully saturated rings. The number of hydrogen-bond donors (Lipinski definition) is 0. The lowest BCUT2D eigenvalue weighted by Crippen LogP contribution is -2.22. The van der Waals surface area contributed by atoms with Gasteiger partial charge in [-0.2, -0.15) is 0 Å². The van der Waals surface area contributed by atoms with E-state index in [1.54, 1.807) is 0 Å². The van der Waals surface area contributed by atoms with E-state index >= 15 is 0 Å². The lowest BCUT2D eigenvalue weighted by atomic mass is 9.78. The van der Waals surface area contributed by atoms with Crippen molar-refractivity contribution in [3.8, 4) is 16.9 Å². The minimum Gasteiger partial charge on any atom is -0.422 e. The number of carbonyl (C=O) groups excluding carboxylic acids is 1. The first-order valence-corrected chi connectivity index (χ1v) is 10.9. The Morgan fingerprint density at radius 2 is 1.23 bits per heavy atom. The van der Waals surface area contributed by atoms with Gasteiger partial charge in [0.1, 0.15) is 5.75 Å². The lowest BCUT2D eigenvalue weighted by molar-refractivity contribution is 0.0728. The summed E-state index contributed by atoms with van der Waals surface area (Å²) >= 11 is 0. The van der Waals surface area contributed by atoms with Gasteiger partial charge in [0.2, 0.25) is 0 Å². The molecule has 0 aliphatic carbocycles. The predicted octanol–water partition coefficient (Wildman–Crippen LogP) is 7.78. The molecule has 0 heterocycles. The predicted molar refractivity (Wildman–Crippen MR) is 130 cm³/mol. The zero-order chi connectivity index (χ0) is 23.0. The summed E-state index contributed by atoms with van der Waals surface area (Å²) in [5.74, 6) is 0.369. The van der Waals surface area contributed by atoms with Crippen molar-refractivity contribution in [1.29, 1.82) is 0 Å². The van der Waals surface area contributed by atoms with Gasteiger partial charge in [-0.25, -0.2) is 4.79 Å². The van der Waals surface area contributed by atoms with E-state index in [4.69, 9.17) is 4.74 Å². The first-order chi connectivity index (χ1) is 14.4. The number of carbonyl (C=O) groups is 1. The van der Waals surface area contributed by atoms with E-state index in [0.717, 1.165) is 22.3 Å². The van der Waals surface area contributed by atoms with Crippen LogP contribution in [-0.4, -0.2) is 5.97 Å². The fraction of sp³-hybridized carbons (Fsp3) is 0.345. The molecule has 0 N–H and O–H groups in total. The van der Waals surface area contributed by atoms with E-state index in [9.17, 15) is 4.79 Å². The second-order valence-electron chi connectivity index (χ2n) is 10.5. The van der Waals surface area contributed by atoms with E-state index in [-0.39, 0.29) is 16.8 Å². The Bertz CT molecular complexity index is 1060. The van der Waals surface area contributed by atoms with Crippen molar-refractivity contribution in [2.75, 3.05) is 0 Å². The molecule has 3 aromatic carbocycles. The molecule has 0 aliphatic heterocycles. The van der Waals surface area contributed by atoms with Crippen molar-refractivity contribution >= 4 is 5.97 Å². The Labute approximate surface area is 187 Å². The number of benzene rings is 3. The standard InChI is InChI=1S/C29H34O2/c1-19-10-9-11-23(16-19)21-12-14-22(15-13-21)27(30)31-26-24(28(3,4)5)17-20(2)18-25(26)29(6,7)8/h9-18H,1-8H3. The van der Waals surface area contributed by atoms with Gasteiger partial charge in [0.05, 0.1) is 5.56 Å². The number of rotatable bonds is 3. The van der Waals surface area contributed by atoms with Crippen LogP contribution in [0, 0.1) is 13.8 Å². The first kappa shape index (κ1) is 22.8. The van der Waals surface area contributed by atoms with Crippen LogP contribution in [-0.2, 0) is 10.8 Å². The molecule has 3 rings (SSSR count). The van der Waals surface area contributed by atoms with Crippen LogP contribution in [0.4, 0.5) is 0 Å². The fourth-order valence-electron chi connectivity index (χ4n) is 3.77. The van der Waals surface area contributed by atoms with Crippen LogP contribution >= 0.6 is 0 Å². The van der Waals surface area contributed by atoms with Gasteiger partial charge in [0, 0.05) is 11.1 Å². The van der Waals surface area contributed by atoms with Crippen molar-refractivity contribution in [2.24, 2.45) is 0 Å². The molecular formula is C29H34O2. The molecule has 0 atom stereocenters. The summed E-state index contributed by atoms with van der Waals surface area (Å²) in [6.45, 7) is 17.1. The molecule has 3 aromatic rings. The Balaban J connectivity index is 1.98. The SMILES string of the molecule is Cc1cccc(-c2ccc(C(=O)Oc3c(C(C)(C)C)cc(C)cc3C(C)(C)C)cc2)c1. The highest BCUT2D eigenvalue weighted by molar-refractivity contribution is 5.92. The van der Waals surface area contributed by atoms with Gasteiger partial charge in [-0.05, 0) is 47.9 Å². The zero-order valence-electron chi connectivity index (χ0n) is 20.1. The van der Waals surface area contributed by atoms with Crippen LogP contribution < -0.4 is 4.74 Å². The van der Waals surface area contributed by atoms with Crippen LogP contribution in [0.2, 0.25) is 0 Å². The first-order valence-electron chi connectivity index (χ1n) is 10.9. The quantitative estimate of drug-likeness (QED) is 0.323. The average Bonchev–Trinajstić information content (AvgIpc) is 2.67. The average molecular weight is 415 g/mol. The summed E-state index contributed by atoms with van der Waals surface area (Å²) < 4.78 is 6.10. The highest BCUT2D eigenvalue weighted by Gasteiger charge is 2.29. The molecule has 0 unspecified atom stereocenters. The summed E-state index contributed by atoms with van der Waals surface area (Å²) in [7, 11) is 0. The van der Waals surface area contributed by atoms with E-state index in [0.29, 0.717) is 11.3 Å². The molecular weight excluding hydrogens is 380 g/mol. The highest BCUT2D eigenvalue weighted by Crippen LogP contribution is 2.41. The molecule has 0 aliphatic rings. The second kappa shape index (κ2) is 8.34. The molecule has 0 saturated heterocycles. The van der Waals surface area contributed by atoms with Gasteiger partial charge in [-0.15, -0.1) is 0 Å². The summed E-state index contributed by atoms with van der Waals surface area (Å²) in [6.07, 6.45) is 0. The Morgan fingerprint density at radius 3 is 1.71 bits per heavy atom. The maximum Gasteiger partial charge on any atom is 0.343 e. The minimum absolute atomic E-state index is 0.142. The van der Waals surface area contributed by atoms with E-state index in [1.807, 2.05) is 30.3 Å². The third kappa shape index (κ3) is 5.25. The maximum atomic E-state index is 13.1. The van der Waals surface area contributed by atoms with Crippen molar-refractivity contribution in [3.63, 3.8) is 0 Å². The van der Waals surface area contributed by atoms with E-state index < -0.39 is 0 Å². The third-order valence-corrected chi connectivity index (χ3v) is 5.52. The molecule has 0 bridgehead atoms. The van der Waals surface area contributed by atoms with Crippen LogP contribution in [0.5, 0.6) is 5.75 Å². The summed E-state index contributed by atoms with van der Waals surface area (Å²) in [4.78, 5) is 13.1. The Kier molecular flexibility index (Phi) is 6.14. The number of aryl methyl sites for hydroxylation is 2. The van der Waals surface area contributed by atoms with Crippen LogP contribution in [0.25, 0.3) is 11.1 Å². The topological polar surface area (TPSA) is 26.3 Å². The number of esters is 1. The van der Waals surface area contributed by atoms with Gasteiger partial charge in [0.25, 0.3) is 0 Å². The second-order valence-corrected chi connectivity index (χ2v) is 10.5. The smallest absolute Gasteiger partial charge is 0.343 e. The molecule has 0 aromatic heterocycles. The van der Waals surface area contributed by atoms with Crippen LogP contribution in [0.3, 0.4) is 0 Å². The molecule has 2 heteroatoms. The summed E-state index contributed by atoms with van der Waals surface area (Å²) in [6, 6.07) is 20.3. The molecule has 0 amide bonds. The van der Waals surface area contributed by atoms with Crippen molar-refractivity contribution in [2.45, 2.75) is 66.2 Å². The Hall–Kier alpha value is -2.87. The van der Waals surface area contributed by atoms with Gasteiger partial charge in [0.15, 0.2) is 0 Å².